The van der Waals surface area contributed by atoms with Gasteiger partial charge in [0.15, 0.2) is 0 Å². The quantitative estimate of drug-likeness (QED) is 0.737. The minimum Gasteiger partial charge on any atom is -0.342 e. The maximum absolute atomic E-state index is 11.8. The lowest BCUT2D eigenvalue weighted by Gasteiger charge is -2.21. The number of nitrogens with zero attached hydrogens (tertiary/aromatic N) is 1. The second-order valence-electron chi connectivity index (χ2n) is 4.71. The normalized spacial score (nSPS) is 24.4. The number of likely N-dealkylation sites (tertiary alicyclic amines) is 1. The Labute approximate surface area is 86.6 Å². The van der Waals surface area contributed by atoms with Gasteiger partial charge in [0.2, 0.25) is 5.91 Å². The Hall–Kier alpha value is -0.570. The van der Waals surface area contributed by atoms with E-state index in [0.29, 0.717) is 18.4 Å². The topological polar surface area (TPSA) is 46.3 Å². The molecule has 0 radical (unpaired) electrons. The fraction of sp³-hybridized carbons (Fsp3) is 0.909. The molecule has 0 aromatic heterocycles. The molecule has 1 heterocycles. The highest BCUT2D eigenvalue weighted by atomic mass is 16.2. The van der Waals surface area contributed by atoms with Crippen LogP contribution in [0.5, 0.6) is 0 Å². The molecule has 0 aromatic rings. The molecule has 1 rings (SSSR count). The van der Waals surface area contributed by atoms with Gasteiger partial charge in [0, 0.05) is 25.6 Å². The van der Waals surface area contributed by atoms with E-state index < -0.39 is 0 Å². The molecule has 0 aliphatic carbocycles. The van der Waals surface area contributed by atoms with E-state index in [1.165, 1.54) is 0 Å². The van der Waals surface area contributed by atoms with E-state index >= 15 is 0 Å². The van der Waals surface area contributed by atoms with Crippen molar-refractivity contribution in [2.24, 2.45) is 23.5 Å². The van der Waals surface area contributed by atoms with E-state index in [4.69, 9.17) is 5.73 Å². The Morgan fingerprint density at radius 3 is 2.57 bits per heavy atom. The van der Waals surface area contributed by atoms with Crippen molar-refractivity contribution in [1.29, 1.82) is 0 Å². The number of rotatable bonds is 3. The maximum atomic E-state index is 11.8. The summed E-state index contributed by atoms with van der Waals surface area (Å²) < 4.78 is 0. The zero-order valence-electron chi connectivity index (χ0n) is 9.49. The standard InChI is InChI=1S/C11H22N2O/c1-8(2)10-4-5-13(7-10)11(14)9(3)6-12/h8-10H,4-7,12H2,1-3H3. The predicted octanol–water partition coefficient (Wildman–Crippen LogP) is 1.09. The molecule has 2 unspecified atom stereocenters. The van der Waals surface area contributed by atoms with E-state index in [2.05, 4.69) is 13.8 Å². The molecular weight excluding hydrogens is 176 g/mol. The van der Waals surface area contributed by atoms with Crippen LogP contribution in [0.4, 0.5) is 0 Å². The Bertz CT molecular complexity index is 203. The molecule has 14 heavy (non-hydrogen) atoms. The Morgan fingerprint density at radius 1 is 1.50 bits per heavy atom. The molecule has 0 saturated carbocycles. The molecule has 82 valence electrons. The molecule has 1 aliphatic heterocycles. The fourth-order valence-electron chi connectivity index (χ4n) is 1.94. The molecule has 0 spiro atoms. The molecule has 3 heteroatoms. The summed E-state index contributed by atoms with van der Waals surface area (Å²) in [5.74, 6) is 1.58. The molecule has 1 saturated heterocycles. The number of nitrogens with two attached hydrogens (primary N) is 1. The second-order valence-corrected chi connectivity index (χ2v) is 4.71. The minimum absolute atomic E-state index is 0.0130. The molecular formula is C11H22N2O. The fourth-order valence-corrected chi connectivity index (χ4v) is 1.94. The van der Waals surface area contributed by atoms with Crippen LogP contribution in [0.3, 0.4) is 0 Å². The highest BCUT2D eigenvalue weighted by molar-refractivity contribution is 5.78. The van der Waals surface area contributed by atoms with Gasteiger partial charge < -0.3 is 10.6 Å². The number of carbonyl (C=O) groups excluding carboxylic acids is 1. The first-order valence-electron chi connectivity index (χ1n) is 5.55. The zero-order valence-corrected chi connectivity index (χ0v) is 9.49. The van der Waals surface area contributed by atoms with Crippen molar-refractivity contribution in [3.05, 3.63) is 0 Å². The second kappa shape index (κ2) is 4.78. The van der Waals surface area contributed by atoms with Crippen LogP contribution in [0.1, 0.15) is 27.2 Å². The first kappa shape index (κ1) is 11.5. The van der Waals surface area contributed by atoms with E-state index in [1.54, 1.807) is 0 Å². The van der Waals surface area contributed by atoms with Crippen LogP contribution in [0.2, 0.25) is 0 Å². The third kappa shape index (κ3) is 2.47. The van der Waals surface area contributed by atoms with Crippen LogP contribution in [-0.4, -0.2) is 30.4 Å². The lowest BCUT2D eigenvalue weighted by molar-refractivity contribution is -0.133. The Kier molecular flexibility index (Phi) is 3.93. The van der Waals surface area contributed by atoms with Gasteiger partial charge in [-0.05, 0) is 18.3 Å². The molecule has 2 N–H and O–H groups in total. The molecule has 0 bridgehead atoms. The van der Waals surface area contributed by atoms with Crippen molar-refractivity contribution in [2.75, 3.05) is 19.6 Å². The minimum atomic E-state index is -0.0130. The average molecular weight is 198 g/mol. The maximum Gasteiger partial charge on any atom is 0.226 e. The van der Waals surface area contributed by atoms with Gasteiger partial charge in [-0.2, -0.15) is 0 Å². The van der Waals surface area contributed by atoms with Crippen molar-refractivity contribution < 1.29 is 4.79 Å². The molecule has 1 fully saturated rings. The Balaban J connectivity index is 2.45. The lowest BCUT2D eigenvalue weighted by Crippen LogP contribution is -2.36. The van der Waals surface area contributed by atoms with Gasteiger partial charge >= 0.3 is 0 Å². The molecule has 2 atom stereocenters. The van der Waals surface area contributed by atoms with Crippen LogP contribution >= 0.6 is 0 Å². The smallest absolute Gasteiger partial charge is 0.226 e. The van der Waals surface area contributed by atoms with Crippen molar-refractivity contribution >= 4 is 5.91 Å². The summed E-state index contributed by atoms with van der Waals surface area (Å²) in [7, 11) is 0. The summed E-state index contributed by atoms with van der Waals surface area (Å²) in [5, 5.41) is 0. The van der Waals surface area contributed by atoms with Gasteiger partial charge in [-0.15, -0.1) is 0 Å². The van der Waals surface area contributed by atoms with Gasteiger partial charge in [-0.3, -0.25) is 4.79 Å². The van der Waals surface area contributed by atoms with Crippen molar-refractivity contribution in [1.82, 2.24) is 4.90 Å². The first-order valence-corrected chi connectivity index (χ1v) is 5.55. The van der Waals surface area contributed by atoms with Crippen LogP contribution in [0.25, 0.3) is 0 Å². The monoisotopic (exact) mass is 198 g/mol. The lowest BCUT2D eigenvalue weighted by atomic mass is 9.95. The Morgan fingerprint density at radius 2 is 2.14 bits per heavy atom. The first-order chi connectivity index (χ1) is 6.56. The summed E-state index contributed by atoms with van der Waals surface area (Å²) in [4.78, 5) is 13.8. The van der Waals surface area contributed by atoms with Gasteiger partial charge in [0.05, 0.1) is 0 Å². The van der Waals surface area contributed by atoms with E-state index in [9.17, 15) is 4.79 Å². The average Bonchev–Trinajstić information content (AvgIpc) is 2.64. The van der Waals surface area contributed by atoms with Gasteiger partial charge in [-0.25, -0.2) is 0 Å². The van der Waals surface area contributed by atoms with Crippen molar-refractivity contribution in [3.63, 3.8) is 0 Å². The van der Waals surface area contributed by atoms with Gasteiger partial charge in [0.25, 0.3) is 0 Å². The number of hydrogen-bond acceptors (Lipinski definition) is 2. The predicted molar refractivity (Wildman–Crippen MR) is 57.7 cm³/mol. The van der Waals surface area contributed by atoms with Crippen LogP contribution in [0, 0.1) is 17.8 Å². The zero-order chi connectivity index (χ0) is 10.7. The summed E-state index contributed by atoms with van der Waals surface area (Å²) in [6.07, 6.45) is 1.15. The highest BCUT2D eigenvalue weighted by Gasteiger charge is 2.29. The van der Waals surface area contributed by atoms with Crippen LogP contribution < -0.4 is 5.73 Å². The number of hydrogen-bond donors (Lipinski definition) is 1. The summed E-state index contributed by atoms with van der Waals surface area (Å²) in [5.41, 5.74) is 5.49. The molecule has 3 nitrogen and oxygen atoms in total. The SMILES string of the molecule is CC(CN)C(=O)N1CCC(C(C)C)C1. The largest absolute Gasteiger partial charge is 0.342 e. The van der Waals surface area contributed by atoms with Gasteiger partial charge in [-0.1, -0.05) is 20.8 Å². The van der Waals surface area contributed by atoms with Crippen LogP contribution in [0.15, 0.2) is 0 Å². The number of amides is 1. The van der Waals surface area contributed by atoms with Crippen LogP contribution in [-0.2, 0) is 4.79 Å². The van der Waals surface area contributed by atoms with E-state index in [-0.39, 0.29) is 11.8 Å². The summed E-state index contributed by atoms with van der Waals surface area (Å²) in [6, 6.07) is 0. The highest BCUT2D eigenvalue weighted by Crippen LogP contribution is 2.24. The third-order valence-electron chi connectivity index (χ3n) is 3.25. The molecule has 0 aromatic carbocycles. The summed E-state index contributed by atoms with van der Waals surface area (Å²) >= 11 is 0. The summed E-state index contributed by atoms with van der Waals surface area (Å²) in [6.45, 7) is 8.68. The van der Waals surface area contributed by atoms with Crippen molar-refractivity contribution in [2.45, 2.75) is 27.2 Å². The molecule has 1 aliphatic rings. The van der Waals surface area contributed by atoms with E-state index in [0.717, 1.165) is 19.5 Å². The van der Waals surface area contributed by atoms with Gasteiger partial charge in [0.1, 0.15) is 0 Å². The number of carbonyl (C=O) groups is 1. The van der Waals surface area contributed by atoms with E-state index in [1.807, 2.05) is 11.8 Å². The third-order valence-corrected chi connectivity index (χ3v) is 3.25. The molecule has 1 amide bonds. The van der Waals surface area contributed by atoms with Crippen molar-refractivity contribution in [3.8, 4) is 0 Å².